The summed E-state index contributed by atoms with van der Waals surface area (Å²) < 4.78 is 10.4. The Morgan fingerprint density at radius 3 is 2.58 bits per heavy atom. The molecule has 2 fully saturated rings. The van der Waals surface area contributed by atoms with Crippen LogP contribution in [0.15, 0.2) is 72.9 Å². The van der Waals surface area contributed by atoms with E-state index in [1.165, 1.54) is 18.4 Å². The van der Waals surface area contributed by atoms with Gasteiger partial charge in [0.2, 0.25) is 5.95 Å². The first-order valence-corrected chi connectivity index (χ1v) is 21.2. The van der Waals surface area contributed by atoms with E-state index in [0.717, 1.165) is 103 Å². The van der Waals surface area contributed by atoms with E-state index in [1.54, 1.807) is 4.68 Å². The molecule has 2 amide bonds. The fourth-order valence-electron chi connectivity index (χ4n) is 8.69. The highest BCUT2D eigenvalue weighted by Crippen LogP contribution is 2.39. The van der Waals surface area contributed by atoms with Gasteiger partial charge in [0.05, 0.1) is 23.6 Å². The summed E-state index contributed by atoms with van der Waals surface area (Å²) in [5, 5.41) is 18.2. The van der Waals surface area contributed by atoms with E-state index < -0.39 is 6.03 Å². The fraction of sp³-hybridized carbons (Fsp3) is 0.489. The van der Waals surface area contributed by atoms with Crippen LogP contribution in [0.1, 0.15) is 101 Å². The van der Waals surface area contributed by atoms with Crippen molar-refractivity contribution in [1.82, 2.24) is 39.5 Å². The number of pyridine rings is 1. The lowest BCUT2D eigenvalue weighted by Crippen LogP contribution is -2.43. The number of urea groups is 1. The molecule has 0 spiro atoms. The molecule has 2 aliphatic heterocycles. The van der Waals surface area contributed by atoms with Gasteiger partial charge in [-0.1, -0.05) is 57.2 Å². The highest BCUT2D eigenvalue weighted by atomic mass is 16.7. The number of fused-ring (bicyclic) bond motifs is 2. The van der Waals surface area contributed by atoms with Gasteiger partial charge in [0.1, 0.15) is 11.9 Å². The fourth-order valence-corrected chi connectivity index (χ4v) is 8.69. The number of amides is 2. The van der Waals surface area contributed by atoms with Gasteiger partial charge in [0, 0.05) is 43.7 Å². The summed E-state index contributed by atoms with van der Waals surface area (Å²) in [6, 6.07) is 21.4. The Labute approximate surface area is 347 Å². The number of rotatable bonds is 11. The summed E-state index contributed by atoms with van der Waals surface area (Å²) in [4.78, 5) is 39.2. The Kier molecular flexibility index (Phi) is 11.9. The van der Waals surface area contributed by atoms with Crippen molar-refractivity contribution in [2.45, 2.75) is 96.2 Å². The van der Waals surface area contributed by atoms with Gasteiger partial charge in [-0.05, 0) is 113 Å². The minimum absolute atomic E-state index is 0.239. The van der Waals surface area contributed by atoms with Crippen molar-refractivity contribution >= 4 is 29.9 Å². The van der Waals surface area contributed by atoms with E-state index in [4.69, 9.17) is 14.7 Å². The lowest BCUT2D eigenvalue weighted by molar-refractivity contribution is -0.129. The standard InChI is InChI=1S/C45H58N10O4/c1-32-12-8-9-24-52(32)43-48-47-41-20-17-35(30-53(41)43)59-39-19-18-38(36-15-6-7-16-37(36)39)46-44(57)55(58-31-56)42-29-40(45(2,3)4)49-54(42)34-14-10-13-33(28-34)21-25-51-23-11-22-50(5)26-27-51/h6-7,10,13-17,20,28-32,38-39H,8-9,11-12,18-19,21-27H2,1-5H3,(H,46,57)/t32-,38-,39+/m0/s1. The van der Waals surface area contributed by atoms with Gasteiger partial charge in [-0.3, -0.25) is 9.20 Å². The number of nitrogens with zero attached hydrogens (tertiary/aromatic N) is 9. The van der Waals surface area contributed by atoms with Crippen molar-refractivity contribution in [2.75, 3.05) is 56.3 Å². The van der Waals surface area contributed by atoms with Gasteiger partial charge in [-0.2, -0.15) is 5.10 Å². The number of hydroxylamine groups is 1. The predicted molar refractivity (Wildman–Crippen MR) is 228 cm³/mol. The summed E-state index contributed by atoms with van der Waals surface area (Å²) >= 11 is 0. The van der Waals surface area contributed by atoms with Crippen LogP contribution in [-0.4, -0.2) is 99.0 Å². The first-order chi connectivity index (χ1) is 28.6. The van der Waals surface area contributed by atoms with Crippen LogP contribution in [-0.2, 0) is 21.5 Å². The van der Waals surface area contributed by atoms with Crippen LogP contribution in [0.4, 0.5) is 16.6 Å². The Morgan fingerprint density at radius 1 is 0.915 bits per heavy atom. The molecule has 14 nitrogen and oxygen atoms in total. The quantitative estimate of drug-likeness (QED) is 0.110. The Bertz CT molecular complexity index is 2250. The molecular weight excluding hydrogens is 745 g/mol. The number of nitrogens with one attached hydrogen (secondary N) is 1. The molecule has 3 atom stereocenters. The Hall–Kier alpha value is -5.47. The van der Waals surface area contributed by atoms with Crippen LogP contribution < -0.4 is 20.0 Å². The van der Waals surface area contributed by atoms with Crippen LogP contribution in [0.2, 0.25) is 0 Å². The molecule has 2 aromatic carbocycles. The maximum Gasteiger partial charge on any atom is 0.357 e. The number of likely N-dealkylation sites (N-methyl/N-ethyl adjacent to an activating group) is 1. The van der Waals surface area contributed by atoms with Crippen molar-refractivity contribution < 1.29 is 19.2 Å². The molecule has 59 heavy (non-hydrogen) atoms. The largest absolute Gasteiger partial charge is 0.484 e. The highest BCUT2D eigenvalue weighted by Gasteiger charge is 2.34. The van der Waals surface area contributed by atoms with Gasteiger partial charge < -0.3 is 29.6 Å². The third kappa shape index (κ3) is 8.93. The lowest BCUT2D eigenvalue weighted by Gasteiger charge is -2.34. The van der Waals surface area contributed by atoms with Crippen molar-refractivity contribution in [2.24, 2.45) is 0 Å². The van der Waals surface area contributed by atoms with Crippen molar-refractivity contribution in [3.05, 3.63) is 95.3 Å². The second-order valence-corrected chi connectivity index (χ2v) is 17.4. The second-order valence-electron chi connectivity index (χ2n) is 17.4. The van der Waals surface area contributed by atoms with E-state index in [-0.39, 0.29) is 24.0 Å². The second kappa shape index (κ2) is 17.4. The molecule has 312 valence electrons. The number of hydrogen-bond donors (Lipinski definition) is 1. The number of hydrogen-bond acceptors (Lipinski definition) is 10. The van der Waals surface area contributed by atoms with E-state index >= 15 is 0 Å². The average Bonchev–Trinajstić information content (AvgIpc) is 3.81. The molecular formula is C45H58N10O4. The first kappa shape index (κ1) is 40.3. The first-order valence-electron chi connectivity index (χ1n) is 21.2. The molecule has 0 bridgehead atoms. The molecule has 3 aromatic heterocycles. The summed E-state index contributed by atoms with van der Waals surface area (Å²) in [5.74, 6) is 1.89. The van der Waals surface area contributed by atoms with Gasteiger partial charge >= 0.3 is 12.5 Å². The topological polar surface area (TPSA) is 126 Å². The molecule has 14 heteroatoms. The molecule has 1 N–H and O–H groups in total. The van der Waals surface area contributed by atoms with Crippen LogP contribution in [0.3, 0.4) is 0 Å². The minimum Gasteiger partial charge on any atom is -0.484 e. The van der Waals surface area contributed by atoms with Gasteiger partial charge in [0.25, 0.3) is 0 Å². The smallest absolute Gasteiger partial charge is 0.357 e. The number of piperidine rings is 1. The molecule has 0 radical (unpaired) electrons. The van der Waals surface area contributed by atoms with Gasteiger partial charge in [-0.25, -0.2) is 9.48 Å². The number of anilines is 2. The molecule has 8 rings (SSSR count). The van der Waals surface area contributed by atoms with E-state index in [2.05, 4.69) is 83.2 Å². The summed E-state index contributed by atoms with van der Waals surface area (Å²) in [7, 11) is 2.19. The van der Waals surface area contributed by atoms with E-state index in [0.29, 0.717) is 24.7 Å². The molecule has 0 saturated carbocycles. The van der Waals surface area contributed by atoms with Crippen LogP contribution in [0.25, 0.3) is 11.3 Å². The van der Waals surface area contributed by atoms with Crippen molar-refractivity contribution in [3.8, 4) is 11.4 Å². The maximum absolute atomic E-state index is 14.3. The monoisotopic (exact) mass is 802 g/mol. The zero-order valence-corrected chi connectivity index (χ0v) is 35.1. The Balaban J connectivity index is 1.02. The van der Waals surface area contributed by atoms with E-state index in [9.17, 15) is 9.59 Å². The zero-order chi connectivity index (χ0) is 41.1. The number of carbonyl (C=O) groups excluding carboxylic acids is 2. The van der Waals surface area contributed by atoms with Crippen molar-refractivity contribution in [3.63, 3.8) is 0 Å². The van der Waals surface area contributed by atoms with E-state index in [1.807, 2.05) is 59.1 Å². The van der Waals surface area contributed by atoms with Crippen LogP contribution in [0.5, 0.6) is 5.75 Å². The minimum atomic E-state index is -0.572. The highest BCUT2D eigenvalue weighted by molar-refractivity contribution is 5.90. The third-order valence-electron chi connectivity index (χ3n) is 12.1. The summed E-state index contributed by atoms with van der Waals surface area (Å²) in [5.41, 5.74) is 5.07. The zero-order valence-electron chi connectivity index (χ0n) is 35.1. The number of ether oxygens (including phenoxy) is 1. The molecule has 3 aliphatic rings. The van der Waals surface area contributed by atoms with Crippen molar-refractivity contribution in [1.29, 1.82) is 0 Å². The van der Waals surface area contributed by atoms with Gasteiger partial charge in [0.15, 0.2) is 11.5 Å². The predicted octanol–water partition coefficient (Wildman–Crippen LogP) is 7.03. The molecule has 2 saturated heterocycles. The molecule has 1 aliphatic carbocycles. The number of carbonyl (C=O) groups is 2. The molecule has 5 aromatic rings. The SMILES string of the molecule is C[C@H]1CCCCN1c1nnc2ccc(O[C@@H]3CC[C@H](NC(=O)N(OC=O)c4cc(C(C)(C)C)nn4-c4cccc(CCN5CCCN(C)CC5)c4)c4ccccc43)cn12. The average molecular weight is 803 g/mol. The van der Waals surface area contributed by atoms with Crippen LogP contribution in [0, 0.1) is 0 Å². The van der Waals surface area contributed by atoms with Crippen LogP contribution >= 0.6 is 0 Å². The third-order valence-corrected chi connectivity index (χ3v) is 12.1. The lowest BCUT2D eigenvalue weighted by atomic mass is 9.85. The molecule has 0 unspecified atom stereocenters. The number of aromatic nitrogens is 5. The maximum atomic E-state index is 14.3. The van der Waals surface area contributed by atoms with Gasteiger partial charge in [-0.15, -0.1) is 15.3 Å². The summed E-state index contributed by atoms with van der Waals surface area (Å²) in [6.45, 7) is 15.0. The molecule has 5 heterocycles. The normalized spacial score (nSPS) is 20.5. The summed E-state index contributed by atoms with van der Waals surface area (Å²) in [6.07, 6.45) is 8.55. The number of benzene rings is 2. The Morgan fingerprint density at radius 2 is 1.76 bits per heavy atom.